The molecule has 0 aromatic heterocycles. The molecule has 1 fully saturated rings. The highest BCUT2D eigenvalue weighted by Crippen LogP contribution is 2.19. The van der Waals surface area contributed by atoms with E-state index in [0.717, 1.165) is 37.9 Å². The van der Waals surface area contributed by atoms with Crippen LogP contribution in [0.3, 0.4) is 0 Å². The Bertz CT molecular complexity index is 578. The minimum atomic E-state index is -0.763. The van der Waals surface area contributed by atoms with Gasteiger partial charge in [0.2, 0.25) is 5.91 Å². The molecule has 1 aliphatic heterocycles. The summed E-state index contributed by atoms with van der Waals surface area (Å²) in [6.45, 7) is 2.25. The van der Waals surface area contributed by atoms with E-state index in [4.69, 9.17) is 5.11 Å². The molecule has 1 aromatic carbocycles. The maximum atomic E-state index is 11.7. The first-order valence-electron chi connectivity index (χ1n) is 9.04. The van der Waals surface area contributed by atoms with Crippen molar-refractivity contribution in [2.75, 3.05) is 18.0 Å². The molecule has 1 saturated heterocycles. The maximum Gasteiger partial charge on any atom is 0.303 e. The summed E-state index contributed by atoms with van der Waals surface area (Å²) in [7, 11) is 0. The standard InChI is InChI=1S/C19H27N3O3/c23-18(7-3-1-2-4-8-19(24)25)21-20-15-16-9-11-17(12-10-16)22-13-5-6-14-22/h9-12,15H,1-8,13-14H2,(H,21,23)(H,24,25)/b20-15+. The van der Waals surface area contributed by atoms with Crippen molar-refractivity contribution in [1.29, 1.82) is 0 Å². The van der Waals surface area contributed by atoms with Crippen molar-refractivity contribution >= 4 is 23.8 Å². The topological polar surface area (TPSA) is 82.0 Å². The fraction of sp³-hybridized carbons (Fsp3) is 0.526. The summed E-state index contributed by atoms with van der Waals surface area (Å²) in [6.07, 6.45) is 7.91. The zero-order chi connectivity index (χ0) is 17.9. The van der Waals surface area contributed by atoms with Crippen molar-refractivity contribution in [3.8, 4) is 0 Å². The van der Waals surface area contributed by atoms with Gasteiger partial charge in [-0.05, 0) is 43.4 Å². The second kappa shape index (κ2) is 10.5. The number of hydrogen-bond donors (Lipinski definition) is 2. The monoisotopic (exact) mass is 345 g/mol. The second-order valence-electron chi connectivity index (χ2n) is 6.39. The number of carboxylic acid groups (broad SMARTS) is 1. The quantitative estimate of drug-likeness (QED) is 0.388. The Hall–Kier alpha value is -2.37. The lowest BCUT2D eigenvalue weighted by Crippen LogP contribution is -2.17. The Labute approximate surface area is 148 Å². The van der Waals surface area contributed by atoms with Crippen molar-refractivity contribution in [2.45, 2.75) is 51.4 Å². The molecule has 25 heavy (non-hydrogen) atoms. The number of unbranched alkanes of at least 4 members (excludes halogenated alkanes) is 3. The molecule has 0 atom stereocenters. The molecule has 1 heterocycles. The van der Waals surface area contributed by atoms with E-state index in [2.05, 4.69) is 27.6 Å². The zero-order valence-electron chi connectivity index (χ0n) is 14.6. The molecule has 0 aliphatic carbocycles. The van der Waals surface area contributed by atoms with Crippen LogP contribution in [0.15, 0.2) is 29.4 Å². The number of hydrazone groups is 1. The van der Waals surface area contributed by atoms with Crippen LogP contribution in [0.4, 0.5) is 5.69 Å². The highest BCUT2D eigenvalue weighted by atomic mass is 16.4. The molecule has 0 radical (unpaired) electrons. The van der Waals surface area contributed by atoms with Gasteiger partial charge in [-0.25, -0.2) is 5.43 Å². The van der Waals surface area contributed by atoms with Gasteiger partial charge >= 0.3 is 5.97 Å². The van der Waals surface area contributed by atoms with E-state index >= 15 is 0 Å². The van der Waals surface area contributed by atoms with Gasteiger partial charge in [0.15, 0.2) is 0 Å². The summed E-state index contributed by atoms with van der Waals surface area (Å²) < 4.78 is 0. The zero-order valence-corrected chi connectivity index (χ0v) is 14.6. The summed E-state index contributed by atoms with van der Waals surface area (Å²) in [5, 5.41) is 12.5. The molecular formula is C19H27N3O3. The van der Waals surface area contributed by atoms with Crippen LogP contribution in [-0.2, 0) is 9.59 Å². The number of benzene rings is 1. The molecule has 2 N–H and O–H groups in total. The van der Waals surface area contributed by atoms with Crippen LogP contribution in [-0.4, -0.2) is 36.3 Å². The predicted molar refractivity (Wildman–Crippen MR) is 99.0 cm³/mol. The molecule has 0 saturated carbocycles. The maximum absolute atomic E-state index is 11.7. The molecule has 1 amide bonds. The van der Waals surface area contributed by atoms with Gasteiger partial charge in [-0.3, -0.25) is 9.59 Å². The third kappa shape index (κ3) is 7.37. The van der Waals surface area contributed by atoms with E-state index in [0.29, 0.717) is 12.8 Å². The van der Waals surface area contributed by atoms with Gasteiger partial charge in [0.05, 0.1) is 6.21 Å². The van der Waals surface area contributed by atoms with Crippen LogP contribution in [0.25, 0.3) is 0 Å². The molecule has 0 unspecified atom stereocenters. The van der Waals surface area contributed by atoms with Crippen LogP contribution < -0.4 is 10.3 Å². The molecule has 1 aliphatic rings. The van der Waals surface area contributed by atoms with Gasteiger partial charge in [-0.1, -0.05) is 25.0 Å². The Kier molecular flexibility index (Phi) is 7.95. The average molecular weight is 345 g/mol. The number of hydrogen-bond acceptors (Lipinski definition) is 4. The Morgan fingerprint density at radius 3 is 2.32 bits per heavy atom. The van der Waals surface area contributed by atoms with Crippen molar-refractivity contribution in [3.63, 3.8) is 0 Å². The van der Waals surface area contributed by atoms with E-state index in [9.17, 15) is 9.59 Å². The molecule has 0 bridgehead atoms. The third-order valence-corrected chi connectivity index (χ3v) is 4.31. The molecule has 0 spiro atoms. The lowest BCUT2D eigenvalue weighted by Gasteiger charge is -2.17. The first-order valence-corrected chi connectivity index (χ1v) is 9.04. The number of nitrogens with zero attached hydrogens (tertiary/aromatic N) is 2. The highest BCUT2D eigenvalue weighted by molar-refractivity contribution is 5.82. The van der Waals surface area contributed by atoms with Crippen LogP contribution in [0.1, 0.15) is 56.9 Å². The lowest BCUT2D eigenvalue weighted by atomic mass is 10.1. The van der Waals surface area contributed by atoms with Gasteiger partial charge in [0, 0.05) is 31.6 Å². The van der Waals surface area contributed by atoms with Gasteiger partial charge in [-0.15, -0.1) is 0 Å². The molecule has 6 heteroatoms. The minimum Gasteiger partial charge on any atom is -0.481 e. The smallest absolute Gasteiger partial charge is 0.303 e. The second-order valence-corrected chi connectivity index (χ2v) is 6.39. The number of carbonyl (C=O) groups excluding carboxylic acids is 1. The van der Waals surface area contributed by atoms with Gasteiger partial charge in [0.25, 0.3) is 0 Å². The molecular weight excluding hydrogens is 318 g/mol. The average Bonchev–Trinajstić information content (AvgIpc) is 3.13. The predicted octanol–water partition coefficient (Wildman–Crippen LogP) is 3.16. The van der Waals surface area contributed by atoms with Gasteiger partial charge in [0.1, 0.15) is 0 Å². The van der Waals surface area contributed by atoms with Crippen molar-refractivity contribution < 1.29 is 14.7 Å². The number of aliphatic carboxylic acids is 1. The van der Waals surface area contributed by atoms with Crippen molar-refractivity contribution in [2.24, 2.45) is 5.10 Å². The van der Waals surface area contributed by atoms with E-state index in [-0.39, 0.29) is 12.3 Å². The number of nitrogens with one attached hydrogen (secondary N) is 1. The first kappa shape index (κ1) is 19.0. The van der Waals surface area contributed by atoms with Crippen LogP contribution in [0.5, 0.6) is 0 Å². The minimum absolute atomic E-state index is 0.108. The Balaban J connectivity index is 1.61. The number of amides is 1. The SMILES string of the molecule is O=C(O)CCCCCCC(=O)N/N=C/c1ccc(N2CCCC2)cc1. The normalized spacial score (nSPS) is 14.2. The van der Waals surface area contributed by atoms with Crippen molar-refractivity contribution in [1.82, 2.24) is 5.43 Å². The largest absolute Gasteiger partial charge is 0.481 e. The number of rotatable bonds is 10. The fourth-order valence-electron chi connectivity index (χ4n) is 2.90. The van der Waals surface area contributed by atoms with Gasteiger partial charge in [-0.2, -0.15) is 5.10 Å². The summed E-state index contributed by atoms with van der Waals surface area (Å²) >= 11 is 0. The Morgan fingerprint density at radius 1 is 1.04 bits per heavy atom. The van der Waals surface area contributed by atoms with Crippen LogP contribution in [0, 0.1) is 0 Å². The number of carboxylic acids is 1. The molecule has 1 aromatic rings. The van der Waals surface area contributed by atoms with Gasteiger partial charge < -0.3 is 10.0 Å². The molecule has 136 valence electrons. The van der Waals surface area contributed by atoms with E-state index < -0.39 is 5.97 Å². The molecule has 2 rings (SSSR count). The summed E-state index contributed by atoms with van der Waals surface area (Å²) in [5.74, 6) is -0.872. The molecule has 6 nitrogen and oxygen atoms in total. The highest BCUT2D eigenvalue weighted by Gasteiger charge is 2.11. The summed E-state index contributed by atoms with van der Waals surface area (Å²) in [6, 6.07) is 8.19. The van der Waals surface area contributed by atoms with E-state index in [1.165, 1.54) is 18.5 Å². The Morgan fingerprint density at radius 2 is 1.68 bits per heavy atom. The number of anilines is 1. The van der Waals surface area contributed by atoms with Crippen LogP contribution in [0.2, 0.25) is 0 Å². The van der Waals surface area contributed by atoms with Crippen LogP contribution >= 0.6 is 0 Å². The fourth-order valence-corrected chi connectivity index (χ4v) is 2.90. The third-order valence-electron chi connectivity index (χ3n) is 4.31. The summed E-state index contributed by atoms with van der Waals surface area (Å²) in [4.78, 5) is 24.4. The first-order chi connectivity index (χ1) is 12.1. The van der Waals surface area contributed by atoms with E-state index in [1.807, 2.05) is 12.1 Å². The van der Waals surface area contributed by atoms with Crippen molar-refractivity contribution in [3.05, 3.63) is 29.8 Å². The van der Waals surface area contributed by atoms with E-state index in [1.54, 1.807) is 6.21 Å². The summed E-state index contributed by atoms with van der Waals surface area (Å²) in [5.41, 5.74) is 4.73. The lowest BCUT2D eigenvalue weighted by molar-refractivity contribution is -0.137. The number of carbonyl (C=O) groups is 2.